The summed E-state index contributed by atoms with van der Waals surface area (Å²) in [5.74, 6) is -0.00470. The third kappa shape index (κ3) is 3.54. The molecule has 0 aromatic rings. The van der Waals surface area contributed by atoms with Gasteiger partial charge in [0.15, 0.2) is 0 Å². The van der Waals surface area contributed by atoms with Crippen LogP contribution in [-0.4, -0.2) is 52.6 Å². The van der Waals surface area contributed by atoms with E-state index in [9.17, 15) is 9.59 Å². The van der Waals surface area contributed by atoms with Crippen LogP contribution in [0.2, 0.25) is 0 Å². The van der Waals surface area contributed by atoms with Crippen molar-refractivity contribution in [3.8, 4) is 0 Å². The largest absolute Gasteiger partial charge is 0.481 e. The van der Waals surface area contributed by atoms with E-state index < -0.39 is 11.9 Å². The lowest BCUT2D eigenvalue weighted by Gasteiger charge is -2.31. The zero-order chi connectivity index (χ0) is 13.0. The summed E-state index contributed by atoms with van der Waals surface area (Å²) in [7, 11) is 0. The highest BCUT2D eigenvalue weighted by atomic mass is 32.2. The van der Waals surface area contributed by atoms with Gasteiger partial charge in [0.25, 0.3) is 0 Å². The molecule has 5 nitrogen and oxygen atoms in total. The van der Waals surface area contributed by atoms with Crippen molar-refractivity contribution in [3.63, 3.8) is 0 Å². The number of rotatable bonds is 3. The van der Waals surface area contributed by atoms with E-state index in [2.05, 4.69) is 5.32 Å². The third-order valence-electron chi connectivity index (χ3n) is 3.56. The van der Waals surface area contributed by atoms with E-state index in [-0.39, 0.29) is 6.03 Å². The van der Waals surface area contributed by atoms with Gasteiger partial charge in [-0.15, -0.1) is 0 Å². The van der Waals surface area contributed by atoms with Gasteiger partial charge in [-0.1, -0.05) is 0 Å². The number of carbonyl (C=O) groups excluding carboxylic acids is 1. The third-order valence-corrected chi connectivity index (χ3v) is 4.96. The minimum atomic E-state index is -0.793. The maximum Gasteiger partial charge on any atom is 0.317 e. The summed E-state index contributed by atoms with van der Waals surface area (Å²) >= 11 is 1.91. The van der Waals surface area contributed by atoms with Gasteiger partial charge in [0, 0.05) is 24.9 Å². The smallest absolute Gasteiger partial charge is 0.317 e. The molecule has 0 spiro atoms. The predicted octanol–water partition coefficient (Wildman–Crippen LogP) is 1.39. The summed E-state index contributed by atoms with van der Waals surface area (Å²) in [4.78, 5) is 24.5. The monoisotopic (exact) mass is 272 g/mol. The molecular weight excluding hydrogens is 252 g/mol. The highest BCUT2D eigenvalue weighted by Crippen LogP contribution is 2.25. The Kier molecular flexibility index (Phi) is 4.74. The van der Waals surface area contributed by atoms with Crippen molar-refractivity contribution >= 4 is 23.8 Å². The summed E-state index contributed by atoms with van der Waals surface area (Å²) in [5.41, 5.74) is 0. The van der Waals surface area contributed by atoms with Crippen LogP contribution in [0.25, 0.3) is 0 Å². The molecule has 6 heteroatoms. The number of urea groups is 1. The normalized spacial score (nSPS) is 28.1. The van der Waals surface area contributed by atoms with Crippen LogP contribution in [0.3, 0.4) is 0 Å². The minimum Gasteiger partial charge on any atom is -0.481 e. The predicted molar refractivity (Wildman–Crippen MR) is 70.8 cm³/mol. The van der Waals surface area contributed by atoms with E-state index in [4.69, 9.17) is 5.11 Å². The number of carbonyl (C=O) groups is 2. The van der Waals surface area contributed by atoms with Crippen LogP contribution in [0.4, 0.5) is 4.79 Å². The summed E-state index contributed by atoms with van der Waals surface area (Å²) in [6.45, 7) is 1.73. The van der Waals surface area contributed by atoms with Crippen molar-refractivity contribution in [2.75, 3.05) is 25.4 Å². The van der Waals surface area contributed by atoms with Gasteiger partial charge < -0.3 is 15.3 Å². The van der Waals surface area contributed by atoms with E-state index in [1.807, 2.05) is 11.8 Å². The number of hydrogen-bond acceptors (Lipinski definition) is 3. The Balaban J connectivity index is 1.75. The molecule has 18 heavy (non-hydrogen) atoms. The fraction of sp³-hybridized carbons (Fsp3) is 0.833. The standard InChI is InChI=1S/C12H20N2O3S/c15-11(16)9-3-1-5-14(8-9)12(17)13-7-10-4-2-6-18-10/h9-10H,1-8H2,(H,13,17)(H,15,16)/t9-,10?/m1/s1. The molecule has 2 amide bonds. The average molecular weight is 272 g/mol. The van der Waals surface area contributed by atoms with Gasteiger partial charge in [0.05, 0.1) is 5.92 Å². The zero-order valence-corrected chi connectivity index (χ0v) is 11.2. The zero-order valence-electron chi connectivity index (χ0n) is 10.4. The second kappa shape index (κ2) is 6.31. The second-order valence-corrected chi connectivity index (χ2v) is 6.35. The van der Waals surface area contributed by atoms with E-state index in [0.717, 1.165) is 6.42 Å². The van der Waals surface area contributed by atoms with Crippen LogP contribution in [0.5, 0.6) is 0 Å². The number of piperidine rings is 1. The molecule has 2 atom stereocenters. The molecule has 0 aromatic carbocycles. The Hall–Kier alpha value is -0.910. The quantitative estimate of drug-likeness (QED) is 0.814. The Labute approximate surface area is 111 Å². The first kappa shape index (κ1) is 13.5. The van der Waals surface area contributed by atoms with Crippen molar-refractivity contribution in [3.05, 3.63) is 0 Å². The van der Waals surface area contributed by atoms with Gasteiger partial charge in [-0.25, -0.2) is 4.79 Å². The molecule has 0 radical (unpaired) electrons. The van der Waals surface area contributed by atoms with Crippen molar-refractivity contribution in [2.24, 2.45) is 5.92 Å². The van der Waals surface area contributed by atoms with Crippen LogP contribution in [0, 0.1) is 5.92 Å². The van der Waals surface area contributed by atoms with Crippen molar-refractivity contribution < 1.29 is 14.7 Å². The molecule has 2 N–H and O–H groups in total. The van der Waals surface area contributed by atoms with Crippen LogP contribution in [0.15, 0.2) is 0 Å². The molecule has 2 rings (SSSR count). The number of nitrogens with one attached hydrogen (secondary N) is 1. The molecule has 2 aliphatic heterocycles. The molecule has 0 aromatic heterocycles. The molecule has 2 saturated heterocycles. The fourth-order valence-electron chi connectivity index (χ4n) is 2.48. The van der Waals surface area contributed by atoms with Crippen molar-refractivity contribution in [1.29, 1.82) is 0 Å². The highest BCUT2D eigenvalue weighted by molar-refractivity contribution is 8.00. The van der Waals surface area contributed by atoms with Crippen LogP contribution < -0.4 is 5.32 Å². The molecule has 1 unspecified atom stereocenters. The molecule has 0 bridgehead atoms. The van der Waals surface area contributed by atoms with E-state index in [1.165, 1.54) is 18.6 Å². The van der Waals surface area contributed by atoms with E-state index >= 15 is 0 Å². The number of hydrogen-bond donors (Lipinski definition) is 2. The van der Waals surface area contributed by atoms with Gasteiger partial charge in [0.1, 0.15) is 0 Å². The van der Waals surface area contributed by atoms with Gasteiger partial charge in [-0.2, -0.15) is 11.8 Å². The van der Waals surface area contributed by atoms with Gasteiger partial charge in [-0.05, 0) is 31.4 Å². The lowest BCUT2D eigenvalue weighted by atomic mass is 9.99. The second-order valence-electron chi connectivity index (χ2n) is 4.94. The minimum absolute atomic E-state index is 0.103. The number of aliphatic carboxylic acids is 1. The first-order valence-electron chi connectivity index (χ1n) is 6.54. The first-order chi connectivity index (χ1) is 8.66. The molecule has 0 saturated carbocycles. The number of amides is 2. The Morgan fingerprint density at radius 2 is 2.17 bits per heavy atom. The molecule has 0 aliphatic carbocycles. The summed E-state index contributed by atoms with van der Waals surface area (Å²) in [6, 6.07) is -0.103. The van der Waals surface area contributed by atoms with Crippen LogP contribution in [0.1, 0.15) is 25.7 Å². The van der Waals surface area contributed by atoms with Crippen molar-refractivity contribution in [2.45, 2.75) is 30.9 Å². The molecule has 2 aliphatic rings. The summed E-state index contributed by atoms with van der Waals surface area (Å²) in [5, 5.41) is 12.4. The topological polar surface area (TPSA) is 69.6 Å². The number of carboxylic acids is 1. The molecule has 102 valence electrons. The maximum absolute atomic E-state index is 11.9. The van der Waals surface area contributed by atoms with E-state index in [0.29, 0.717) is 31.3 Å². The highest BCUT2D eigenvalue weighted by Gasteiger charge is 2.28. The number of nitrogens with zero attached hydrogens (tertiary/aromatic N) is 1. The number of thioether (sulfide) groups is 1. The van der Waals surface area contributed by atoms with Gasteiger partial charge in [0.2, 0.25) is 0 Å². The Bertz CT molecular complexity index is 318. The van der Waals surface area contributed by atoms with Crippen LogP contribution >= 0.6 is 11.8 Å². The Morgan fingerprint density at radius 1 is 1.33 bits per heavy atom. The lowest BCUT2D eigenvalue weighted by molar-refractivity contribution is -0.143. The van der Waals surface area contributed by atoms with Crippen molar-refractivity contribution in [1.82, 2.24) is 10.2 Å². The maximum atomic E-state index is 11.9. The first-order valence-corrected chi connectivity index (χ1v) is 7.59. The summed E-state index contributed by atoms with van der Waals surface area (Å²) in [6.07, 6.45) is 3.86. The van der Waals surface area contributed by atoms with E-state index in [1.54, 1.807) is 4.90 Å². The number of likely N-dealkylation sites (tertiary alicyclic amines) is 1. The Morgan fingerprint density at radius 3 is 2.83 bits per heavy atom. The average Bonchev–Trinajstić information content (AvgIpc) is 2.89. The molecular formula is C12H20N2O3S. The molecule has 2 fully saturated rings. The summed E-state index contributed by atoms with van der Waals surface area (Å²) < 4.78 is 0. The number of carboxylic acid groups (broad SMARTS) is 1. The fourth-order valence-corrected chi connectivity index (χ4v) is 3.68. The SMILES string of the molecule is O=C(O)[C@@H]1CCCN(C(=O)NCC2CCCS2)C1. The molecule has 2 heterocycles. The van der Waals surface area contributed by atoms with Crippen LogP contribution in [-0.2, 0) is 4.79 Å². The van der Waals surface area contributed by atoms with Gasteiger partial charge >= 0.3 is 12.0 Å². The van der Waals surface area contributed by atoms with Gasteiger partial charge in [-0.3, -0.25) is 4.79 Å². The lowest BCUT2D eigenvalue weighted by Crippen LogP contribution is -2.48.